The van der Waals surface area contributed by atoms with E-state index >= 15 is 0 Å². The van der Waals surface area contributed by atoms with E-state index in [1.807, 2.05) is 0 Å². The molecule has 0 aromatic carbocycles. The van der Waals surface area contributed by atoms with Gasteiger partial charge in [0, 0.05) is 13.1 Å². The smallest absolute Gasteiger partial charge is 0.354 e. The molecule has 0 aliphatic carbocycles. The topological polar surface area (TPSA) is 108 Å². The Morgan fingerprint density at radius 1 is 1.39 bits per heavy atom. The highest BCUT2D eigenvalue weighted by Gasteiger charge is 2.38. The van der Waals surface area contributed by atoms with Crippen LogP contribution in [0.2, 0.25) is 5.02 Å². The van der Waals surface area contributed by atoms with Crippen molar-refractivity contribution in [2.24, 2.45) is 0 Å². The summed E-state index contributed by atoms with van der Waals surface area (Å²) < 4.78 is 40.7. The van der Waals surface area contributed by atoms with Crippen molar-refractivity contribution in [1.29, 1.82) is 0 Å². The fraction of sp³-hybridized carbons (Fsp3) is 0.533. The van der Waals surface area contributed by atoms with Crippen LogP contribution in [-0.2, 0) is 17.5 Å². The summed E-state index contributed by atoms with van der Waals surface area (Å²) in [6.07, 6.45) is -3.15. The molecule has 2 rings (SSSR count). The van der Waals surface area contributed by atoms with Crippen molar-refractivity contribution in [3.63, 3.8) is 0 Å². The minimum atomic E-state index is -4.64. The molecule has 2 heterocycles. The number of carbonyl (C=O) groups excluding carboxylic acids is 1. The molecule has 2 aromatic heterocycles. The molecule has 28 heavy (non-hydrogen) atoms. The van der Waals surface area contributed by atoms with Gasteiger partial charge in [-0.2, -0.15) is 23.4 Å². The molecular formula is C15H18ClF3N6O3. The lowest BCUT2D eigenvalue weighted by atomic mass is 10.3. The van der Waals surface area contributed by atoms with E-state index in [0.717, 1.165) is 4.68 Å². The molecule has 0 saturated carbocycles. The summed E-state index contributed by atoms with van der Waals surface area (Å²) in [5.74, 6) is -0.427. The minimum Gasteiger partial charge on any atom is -0.354 e. The van der Waals surface area contributed by atoms with E-state index in [1.54, 1.807) is 0 Å². The Kier molecular flexibility index (Phi) is 6.32. The Bertz CT molecular complexity index is 892. The van der Waals surface area contributed by atoms with Gasteiger partial charge in [-0.15, -0.1) is 0 Å². The van der Waals surface area contributed by atoms with Gasteiger partial charge in [0.1, 0.15) is 17.9 Å². The van der Waals surface area contributed by atoms with Crippen molar-refractivity contribution in [3.8, 4) is 0 Å². The predicted molar refractivity (Wildman–Crippen MR) is 92.9 cm³/mol. The van der Waals surface area contributed by atoms with Gasteiger partial charge in [0.25, 0.3) is 0 Å². The molecule has 0 aliphatic rings. The Morgan fingerprint density at radius 2 is 2.04 bits per heavy atom. The average molecular weight is 423 g/mol. The molecule has 1 amide bonds. The largest absolute Gasteiger partial charge is 0.436 e. The third-order valence-corrected chi connectivity index (χ3v) is 4.56. The van der Waals surface area contributed by atoms with Crippen LogP contribution < -0.4 is 5.32 Å². The minimum absolute atomic E-state index is 0.128. The molecule has 154 valence electrons. The molecule has 1 unspecified atom stereocenters. The third-order valence-electron chi connectivity index (χ3n) is 4.11. The summed E-state index contributed by atoms with van der Waals surface area (Å²) >= 11 is 5.68. The van der Waals surface area contributed by atoms with Crippen molar-refractivity contribution in [2.75, 3.05) is 6.54 Å². The first-order valence-corrected chi connectivity index (χ1v) is 8.59. The van der Waals surface area contributed by atoms with Crippen LogP contribution in [0.3, 0.4) is 0 Å². The normalized spacial score (nSPS) is 12.8. The lowest BCUT2D eigenvalue weighted by Crippen LogP contribution is -2.32. The number of nitrogens with one attached hydrogen (secondary N) is 1. The zero-order chi connectivity index (χ0) is 21.2. The predicted octanol–water partition coefficient (Wildman–Crippen LogP) is 3.04. The van der Waals surface area contributed by atoms with Gasteiger partial charge in [-0.3, -0.25) is 24.3 Å². The quantitative estimate of drug-likeness (QED) is 0.419. The molecule has 0 bridgehead atoms. The van der Waals surface area contributed by atoms with Crippen LogP contribution in [0.5, 0.6) is 0 Å². The Balaban J connectivity index is 1.91. The molecule has 0 radical (unpaired) electrons. The number of aromatic nitrogens is 4. The van der Waals surface area contributed by atoms with Crippen molar-refractivity contribution < 1.29 is 22.9 Å². The average Bonchev–Trinajstić information content (AvgIpc) is 3.12. The monoisotopic (exact) mass is 422 g/mol. The van der Waals surface area contributed by atoms with Crippen LogP contribution >= 0.6 is 11.6 Å². The summed E-state index contributed by atoms with van der Waals surface area (Å²) in [5.41, 5.74) is -0.949. The number of carbonyl (C=O) groups is 1. The number of alkyl halides is 3. The van der Waals surface area contributed by atoms with Crippen molar-refractivity contribution in [1.82, 2.24) is 24.9 Å². The second kappa shape index (κ2) is 8.17. The molecule has 0 saturated heterocycles. The summed E-state index contributed by atoms with van der Waals surface area (Å²) in [4.78, 5) is 22.4. The first kappa shape index (κ1) is 21.7. The van der Waals surface area contributed by atoms with Crippen LogP contribution in [0.25, 0.3) is 0 Å². The second-order valence-electron chi connectivity index (χ2n) is 6.13. The van der Waals surface area contributed by atoms with Crippen LogP contribution in [0, 0.1) is 24.0 Å². The van der Waals surface area contributed by atoms with Crippen molar-refractivity contribution >= 4 is 23.2 Å². The number of amides is 1. The van der Waals surface area contributed by atoms with E-state index in [4.69, 9.17) is 11.6 Å². The van der Waals surface area contributed by atoms with Gasteiger partial charge < -0.3 is 5.32 Å². The SMILES string of the molecule is Cc1nn(C(C)C(=O)NCCCn2nc(C(F)(F)F)c(Cl)c2C)cc1[N+](=O)[O-]. The van der Waals surface area contributed by atoms with Gasteiger partial charge in [-0.25, -0.2) is 0 Å². The molecule has 0 spiro atoms. The number of nitrogens with zero attached hydrogens (tertiary/aromatic N) is 5. The zero-order valence-electron chi connectivity index (χ0n) is 15.2. The standard InChI is InChI=1S/C15H18ClF3N6O3/c1-8-11(25(27)28)7-24(21-8)10(3)14(26)20-5-4-6-23-9(2)12(16)13(22-23)15(17,18)19/h7,10H,4-6H2,1-3H3,(H,20,26). The Hall–Kier alpha value is -2.63. The molecular weight excluding hydrogens is 405 g/mol. The number of rotatable bonds is 7. The van der Waals surface area contributed by atoms with Crippen molar-refractivity contribution in [3.05, 3.63) is 38.4 Å². The van der Waals surface area contributed by atoms with Gasteiger partial charge in [0.05, 0.1) is 15.6 Å². The number of halogens is 4. The fourth-order valence-corrected chi connectivity index (χ4v) is 2.72. The molecule has 0 aliphatic heterocycles. The molecule has 0 fully saturated rings. The van der Waals surface area contributed by atoms with E-state index in [0.29, 0.717) is 6.42 Å². The van der Waals surface area contributed by atoms with Crippen LogP contribution in [0.4, 0.5) is 18.9 Å². The molecule has 1 atom stereocenters. The number of hydrogen-bond donors (Lipinski definition) is 1. The Labute approximate surface area is 162 Å². The molecule has 1 N–H and O–H groups in total. The first-order valence-electron chi connectivity index (χ1n) is 8.21. The van der Waals surface area contributed by atoms with E-state index in [1.165, 1.54) is 31.6 Å². The summed E-state index contributed by atoms with van der Waals surface area (Å²) in [6, 6.07) is -0.787. The maximum atomic E-state index is 12.8. The highest BCUT2D eigenvalue weighted by Crippen LogP contribution is 2.35. The maximum absolute atomic E-state index is 12.8. The third kappa shape index (κ3) is 4.61. The maximum Gasteiger partial charge on any atom is 0.436 e. The second-order valence-corrected chi connectivity index (χ2v) is 6.50. The Morgan fingerprint density at radius 3 is 2.54 bits per heavy atom. The van der Waals surface area contributed by atoms with Gasteiger partial charge in [0.2, 0.25) is 5.91 Å². The van der Waals surface area contributed by atoms with E-state index < -0.39 is 33.8 Å². The lowest BCUT2D eigenvalue weighted by Gasteiger charge is -2.12. The molecule has 2 aromatic rings. The van der Waals surface area contributed by atoms with Crippen molar-refractivity contribution in [2.45, 2.75) is 46.0 Å². The molecule has 13 heteroatoms. The highest BCUT2D eigenvalue weighted by molar-refractivity contribution is 6.31. The molecule has 9 nitrogen and oxygen atoms in total. The fourth-order valence-electron chi connectivity index (χ4n) is 2.48. The number of aryl methyl sites for hydroxylation is 2. The number of hydrogen-bond acceptors (Lipinski definition) is 5. The van der Waals surface area contributed by atoms with Crippen LogP contribution in [0.15, 0.2) is 6.20 Å². The highest BCUT2D eigenvalue weighted by atomic mass is 35.5. The summed E-state index contributed by atoms with van der Waals surface area (Å²) in [5, 5.41) is 20.5. The van der Waals surface area contributed by atoms with E-state index in [9.17, 15) is 28.1 Å². The van der Waals surface area contributed by atoms with E-state index in [2.05, 4.69) is 15.5 Å². The van der Waals surface area contributed by atoms with Gasteiger partial charge in [-0.1, -0.05) is 11.6 Å². The van der Waals surface area contributed by atoms with Crippen LogP contribution in [0.1, 0.15) is 36.5 Å². The first-order chi connectivity index (χ1) is 12.9. The van der Waals surface area contributed by atoms with Gasteiger partial charge >= 0.3 is 11.9 Å². The number of nitro groups is 1. The van der Waals surface area contributed by atoms with Crippen LogP contribution in [-0.4, -0.2) is 36.9 Å². The van der Waals surface area contributed by atoms with Gasteiger partial charge in [-0.05, 0) is 27.2 Å². The summed E-state index contributed by atoms with van der Waals surface area (Å²) in [7, 11) is 0. The zero-order valence-corrected chi connectivity index (χ0v) is 16.0. The van der Waals surface area contributed by atoms with E-state index in [-0.39, 0.29) is 30.2 Å². The lowest BCUT2D eigenvalue weighted by molar-refractivity contribution is -0.385. The summed E-state index contributed by atoms with van der Waals surface area (Å²) in [6.45, 7) is 4.72. The van der Waals surface area contributed by atoms with Gasteiger partial charge in [0.15, 0.2) is 5.69 Å².